The van der Waals surface area contributed by atoms with Crippen molar-refractivity contribution in [2.75, 3.05) is 7.11 Å². The summed E-state index contributed by atoms with van der Waals surface area (Å²) < 4.78 is 7.21. The Bertz CT molecular complexity index is 1160. The lowest BCUT2D eigenvalue weighted by Gasteiger charge is -2.13. The Morgan fingerprint density at radius 2 is 1.65 bits per heavy atom. The van der Waals surface area contributed by atoms with Crippen LogP contribution < -0.4 is 4.74 Å². The number of para-hydroxylation sites is 2. The Morgan fingerprint density at radius 3 is 2.35 bits per heavy atom. The van der Waals surface area contributed by atoms with E-state index in [4.69, 9.17) is 4.74 Å². The van der Waals surface area contributed by atoms with E-state index < -0.39 is 4.92 Å². The fourth-order valence-corrected chi connectivity index (χ4v) is 3.89. The molecule has 0 aliphatic carbocycles. The third-order valence-electron chi connectivity index (χ3n) is 4.30. The molecule has 1 heterocycles. The lowest BCUT2D eigenvalue weighted by molar-refractivity contribution is -0.384. The van der Waals surface area contributed by atoms with E-state index in [-0.39, 0.29) is 5.69 Å². The maximum Gasteiger partial charge on any atom is 0.269 e. The molecule has 0 spiro atoms. The number of hydrogen-bond donors (Lipinski definition) is 0. The maximum absolute atomic E-state index is 10.9. The Kier molecular flexibility index (Phi) is 7.40. The van der Waals surface area contributed by atoms with Gasteiger partial charge in [-0.25, -0.2) is 4.68 Å². The van der Waals surface area contributed by atoms with Crippen molar-refractivity contribution >= 4 is 17.4 Å². The molecule has 1 aromatic heterocycles. The van der Waals surface area contributed by atoms with Crippen LogP contribution >= 0.6 is 11.8 Å². The van der Waals surface area contributed by atoms with Gasteiger partial charge >= 0.3 is 0 Å². The predicted molar refractivity (Wildman–Crippen MR) is 122 cm³/mol. The van der Waals surface area contributed by atoms with E-state index >= 15 is 0 Å². The van der Waals surface area contributed by atoms with E-state index in [1.165, 1.54) is 23.9 Å². The number of non-ortho nitro benzene ring substituents is 1. The van der Waals surface area contributed by atoms with E-state index in [0.29, 0.717) is 5.75 Å². The number of hydrogen-bond acceptors (Lipinski definition) is 6. The molecule has 0 bridgehead atoms. The minimum atomic E-state index is -0.403. The minimum absolute atomic E-state index is 0.0704. The number of methoxy groups -OCH3 is 1. The highest BCUT2D eigenvalue weighted by atomic mass is 32.2. The van der Waals surface area contributed by atoms with Gasteiger partial charge in [-0.15, -0.1) is 5.10 Å². The van der Waals surface area contributed by atoms with Gasteiger partial charge in [0.15, 0.2) is 0 Å². The fraction of sp³-hybridized carbons (Fsp3) is 0.130. The van der Waals surface area contributed by atoms with Gasteiger partial charge in [0, 0.05) is 27.5 Å². The summed E-state index contributed by atoms with van der Waals surface area (Å²) in [6.45, 7) is 4.00. The largest absolute Gasteiger partial charge is 0.494 e. The Balaban J connectivity index is 0.00000132. The first-order valence-corrected chi connectivity index (χ1v) is 10.5. The quantitative estimate of drug-likeness (QED) is 0.272. The second-order valence-corrected chi connectivity index (χ2v) is 7.17. The van der Waals surface area contributed by atoms with E-state index in [1.54, 1.807) is 30.1 Å². The summed E-state index contributed by atoms with van der Waals surface area (Å²) in [6.07, 6.45) is 1.71. The number of rotatable bonds is 6. The molecule has 31 heavy (non-hydrogen) atoms. The molecule has 0 radical (unpaired) electrons. The zero-order valence-corrected chi connectivity index (χ0v) is 18.2. The van der Waals surface area contributed by atoms with Crippen molar-refractivity contribution in [2.24, 2.45) is 0 Å². The van der Waals surface area contributed by atoms with Crippen LogP contribution in [0.3, 0.4) is 0 Å². The number of aromatic nitrogens is 3. The third-order valence-corrected chi connectivity index (χ3v) is 5.38. The summed E-state index contributed by atoms with van der Waals surface area (Å²) in [7, 11) is 1.62. The molecule has 158 valence electrons. The molecule has 3 aromatic carbocycles. The molecule has 0 atom stereocenters. The van der Waals surface area contributed by atoms with Gasteiger partial charge in [-0.1, -0.05) is 61.2 Å². The second-order valence-electron chi connectivity index (χ2n) is 6.05. The first-order valence-electron chi connectivity index (χ1n) is 9.73. The monoisotopic (exact) mass is 434 g/mol. The molecule has 4 aromatic rings. The number of nitro benzene ring substituents is 1. The molecule has 4 rings (SSSR count). The normalized spacial score (nSPS) is 10.2. The molecule has 0 saturated carbocycles. The van der Waals surface area contributed by atoms with Crippen molar-refractivity contribution in [1.29, 1.82) is 0 Å². The summed E-state index contributed by atoms with van der Waals surface area (Å²) in [5, 5.41) is 19.2. The molecular formula is C23H22N4O3S. The van der Waals surface area contributed by atoms with Crippen LogP contribution in [0.5, 0.6) is 5.75 Å². The van der Waals surface area contributed by atoms with Crippen LogP contribution in [0.2, 0.25) is 0 Å². The molecule has 0 amide bonds. The summed E-state index contributed by atoms with van der Waals surface area (Å²) in [5.74, 6) is 0.694. The topological polar surface area (TPSA) is 83.1 Å². The molecule has 7 nitrogen and oxygen atoms in total. The van der Waals surface area contributed by atoms with Crippen LogP contribution in [0.15, 0.2) is 88.8 Å². The standard InChI is InChI=1S/C21H16N4O3S.C2H6/c1-28-20-8-4-3-7-18(20)24-19(14-22-23-24)17-6-2-5-9-21(17)29-16-12-10-15(11-13-16)25(26)27;1-2/h2-14H,1H3;1-2H3. The smallest absolute Gasteiger partial charge is 0.269 e. The maximum atomic E-state index is 10.9. The van der Waals surface area contributed by atoms with Crippen molar-refractivity contribution < 1.29 is 9.66 Å². The van der Waals surface area contributed by atoms with Crippen LogP contribution in [0.25, 0.3) is 16.9 Å². The third kappa shape index (κ3) is 4.92. The number of nitrogens with zero attached hydrogens (tertiary/aromatic N) is 4. The highest BCUT2D eigenvalue weighted by Crippen LogP contribution is 2.37. The van der Waals surface area contributed by atoms with Crippen molar-refractivity contribution in [3.63, 3.8) is 0 Å². The zero-order valence-electron chi connectivity index (χ0n) is 17.4. The highest BCUT2D eigenvalue weighted by molar-refractivity contribution is 7.99. The van der Waals surface area contributed by atoms with Gasteiger partial charge < -0.3 is 4.74 Å². The highest BCUT2D eigenvalue weighted by Gasteiger charge is 2.16. The van der Waals surface area contributed by atoms with Gasteiger partial charge in [-0.2, -0.15) is 0 Å². The van der Waals surface area contributed by atoms with E-state index in [1.807, 2.05) is 62.4 Å². The lowest BCUT2D eigenvalue weighted by atomic mass is 10.1. The molecular weight excluding hydrogens is 412 g/mol. The molecule has 8 heteroatoms. The van der Waals surface area contributed by atoms with Crippen molar-refractivity contribution in [1.82, 2.24) is 15.0 Å². The van der Waals surface area contributed by atoms with Crippen molar-refractivity contribution in [2.45, 2.75) is 23.6 Å². The molecule has 0 saturated heterocycles. The Morgan fingerprint density at radius 1 is 0.968 bits per heavy atom. The average Bonchev–Trinajstić information content (AvgIpc) is 3.30. The summed E-state index contributed by atoms with van der Waals surface area (Å²) in [4.78, 5) is 12.4. The van der Waals surface area contributed by atoms with Crippen LogP contribution in [0.4, 0.5) is 5.69 Å². The first kappa shape index (κ1) is 22.0. The Labute approximate surface area is 184 Å². The van der Waals surface area contributed by atoms with Crippen LogP contribution in [-0.4, -0.2) is 27.0 Å². The molecule has 0 aliphatic rings. The summed E-state index contributed by atoms with van der Waals surface area (Å²) in [5.41, 5.74) is 2.63. The van der Waals surface area contributed by atoms with Crippen molar-refractivity contribution in [3.8, 4) is 22.7 Å². The second kappa shape index (κ2) is 10.4. The molecule has 0 fully saturated rings. The summed E-state index contributed by atoms with van der Waals surface area (Å²) >= 11 is 1.52. The summed E-state index contributed by atoms with van der Waals surface area (Å²) in [6, 6.07) is 22.0. The van der Waals surface area contributed by atoms with Crippen LogP contribution in [0, 0.1) is 10.1 Å². The van der Waals surface area contributed by atoms with E-state index in [2.05, 4.69) is 10.3 Å². The predicted octanol–water partition coefficient (Wildman–Crippen LogP) is 6.03. The first-order chi connectivity index (χ1) is 15.2. The van der Waals surface area contributed by atoms with Gasteiger partial charge in [0.05, 0.1) is 23.9 Å². The zero-order chi connectivity index (χ0) is 22.2. The van der Waals surface area contributed by atoms with E-state index in [9.17, 15) is 10.1 Å². The average molecular weight is 435 g/mol. The SMILES string of the molecule is CC.COc1ccccc1-n1nncc1-c1ccccc1Sc1ccc([N+](=O)[O-])cc1. The number of benzene rings is 3. The molecule has 0 aliphatic heterocycles. The van der Waals surface area contributed by atoms with Gasteiger partial charge in [-0.05, 0) is 30.3 Å². The number of nitro groups is 1. The van der Waals surface area contributed by atoms with E-state index in [0.717, 1.165) is 26.7 Å². The van der Waals surface area contributed by atoms with Crippen LogP contribution in [-0.2, 0) is 0 Å². The van der Waals surface area contributed by atoms with Gasteiger partial charge in [0.25, 0.3) is 5.69 Å². The van der Waals surface area contributed by atoms with Crippen LogP contribution in [0.1, 0.15) is 13.8 Å². The minimum Gasteiger partial charge on any atom is -0.494 e. The van der Waals surface area contributed by atoms with Crippen molar-refractivity contribution in [3.05, 3.63) is 89.1 Å². The lowest BCUT2D eigenvalue weighted by Crippen LogP contribution is -2.02. The number of ether oxygens (including phenoxy) is 1. The molecule has 0 N–H and O–H groups in total. The van der Waals surface area contributed by atoms with Gasteiger partial charge in [-0.3, -0.25) is 10.1 Å². The fourth-order valence-electron chi connectivity index (χ4n) is 2.93. The Hall–Kier alpha value is -3.65. The molecule has 0 unspecified atom stereocenters. The van der Waals surface area contributed by atoms with Gasteiger partial charge in [0.1, 0.15) is 11.4 Å². The van der Waals surface area contributed by atoms with Gasteiger partial charge in [0.2, 0.25) is 0 Å².